The molecule has 1 saturated carbocycles. The monoisotopic (exact) mass is 411 g/mol. The van der Waals surface area contributed by atoms with Gasteiger partial charge < -0.3 is 19.4 Å². The largest absolute Gasteiger partial charge is 0.466 e. The number of nitrogens with one attached hydrogen (secondary N) is 1. The summed E-state index contributed by atoms with van der Waals surface area (Å²) < 4.78 is 11.3. The van der Waals surface area contributed by atoms with E-state index in [0.29, 0.717) is 31.0 Å². The highest BCUT2D eigenvalue weighted by Gasteiger charge is 2.33. The molecule has 0 radical (unpaired) electrons. The lowest BCUT2D eigenvalue weighted by molar-refractivity contribution is -0.144. The molecule has 2 aromatic rings. The van der Waals surface area contributed by atoms with Crippen LogP contribution in [0.25, 0.3) is 0 Å². The molecule has 2 amide bonds. The number of rotatable bonds is 4. The summed E-state index contributed by atoms with van der Waals surface area (Å²) in [6, 6.07) is 7.63. The molecule has 0 bridgehead atoms. The first-order valence-electron chi connectivity index (χ1n) is 10.7. The third kappa shape index (κ3) is 4.56. The number of carbonyl (C=O) groups excluding carboxylic acids is 2. The van der Waals surface area contributed by atoms with Gasteiger partial charge in [-0.15, -0.1) is 0 Å². The van der Waals surface area contributed by atoms with Crippen LogP contribution in [0.4, 0.5) is 0 Å². The fourth-order valence-electron chi connectivity index (χ4n) is 4.46. The summed E-state index contributed by atoms with van der Waals surface area (Å²) >= 11 is 0. The number of ether oxygens (including phenoxy) is 1. The Morgan fingerprint density at radius 3 is 2.63 bits per heavy atom. The fraction of sp³-hybridized carbons (Fsp3) is 0.522. The number of hydrogen-bond acceptors (Lipinski definition) is 5. The Kier molecular flexibility index (Phi) is 6.18. The van der Waals surface area contributed by atoms with Crippen LogP contribution in [0.5, 0.6) is 0 Å². The van der Waals surface area contributed by atoms with Gasteiger partial charge in [0.1, 0.15) is 17.6 Å². The van der Waals surface area contributed by atoms with E-state index in [1.165, 1.54) is 0 Å². The number of pyridine rings is 1. The molecule has 0 spiro atoms. The molecule has 0 aromatic carbocycles. The molecule has 1 aliphatic carbocycles. The molecule has 2 aromatic heterocycles. The summed E-state index contributed by atoms with van der Waals surface area (Å²) in [6.45, 7) is 5.34. The Morgan fingerprint density at radius 1 is 1.17 bits per heavy atom. The van der Waals surface area contributed by atoms with Crippen LogP contribution in [0.15, 0.2) is 34.9 Å². The predicted molar refractivity (Wildman–Crippen MR) is 111 cm³/mol. The van der Waals surface area contributed by atoms with Gasteiger partial charge in [-0.2, -0.15) is 0 Å². The number of carbonyl (C=O) groups is 2. The minimum absolute atomic E-state index is 0.0125. The quantitative estimate of drug-likeness (QED) is 0.835. The molecule has 1 aliphatic heterocycles. The van der Waals surface area contributed by atoms with Gasteiger partial charge in [-0.25, -0.2) is 0 Å². The van der Waals surface area contributed by atoms with Gasteiger partial charge in [0.15, 0.2) is 0 Å². The van der Waals surface area contributed by atoms with E-state index in [1.807, 2.05) is 30.0 Å². The zero-order valence-electron chi connectivity index (χ0n) is 17.6. The lowest BCUT2D eigenvalue weighted by atomic mass is 9.85. The van der Waals surface area contributed by atoms with E-state index in [1.54, 1.807) is 19.2 Å². The minimum Gasteiger partial charge on any atom is -0.466 e. The molecule has 1 atom stereocenters. The van der Waals surface area contributed by atoms with Gasteiger partial charge in [0.2, 0.25) is 5.91 Å². The van der Waals surface area contributed by atoms with Crippen LogP contribution >= 0.6 is 0 Å². The van der Waals surface area contributed by atoms with Crippen molar-refractivity contribution in [2.24, 2.45) is 5.92 Å². The molecule has 2 aliphatic rings. The smallest absolute Gasteiger partial charge is 0.255 e. The van der Waals surface area contributed by atoms with Crippen LogP contribution in [0, 0.1) is 19.8 Å². The van der Waals surface area contributed by atoms with Gasteiger partial charge >= 0.3 is 0 Å². The lowest BCUT2D eigenvalue weighted by Crippen LogP contribution is -2.47. The molecule has 7 nitrogen and oxygen atoms in total. The van der Waals surface area contributed by atoms with E-state index in [-0.39, 0.29) is 29.9 Å². The molecule has 3 heterocycles. The summed E-state index contributed by atoms with van der Waals surface area (Å²) in [5, 5.41) is 3.10. The van der Waals surface area contributed by atoms with Crippen LogP contribution in [0.3, 0.4) is 0 Å². The molecule has 1 unspecified atom stereocenters. The van der Waals surface area contributed by atoms with Crippen LogP contribution in [0.2, 0.25) is 0 Å². The number of hydrogen-bond donors (Lipinski definition) is 1. The zero-order chi connectivity index (χ0) is 21.1. The summed E-state index contributed by atoms with van der Waals surface area (Å²) in [5.41, 5.74) is 1.46. The molecule has 7 heteroatoms. The highest BCUT2D eigenvalue weighted by molar-refractivity contribution is 5.95. The highest BCUT2D eigenvalue weighted by atomic mass is 16.5. The van der Waals surface area contributed by atoms with Crippen molar-refractivity contribution in [1.29, 1.82) is 0 Å². The number of aromatic nitrogens is 1. The van der Waals surface area contributed by atoms with E-state index in [9.17, 15) is 9.59 Å². The maximum Gasteiger partial charge on any atom is 0.255 e. The number of aryl methyl sites for hydroxylation is 2. The zero-order valence-corrected chi connectivity index (χ0v) is 17.6. The average Bonchev–Trinajstić information content (AvgIpc) is 3.12. The summed E-state index contributed by atoms with van der Waals surface area (Å²) in [6.07, 6.45) is 4.79. The first-order valence-corrected chi connectivity index (χ1v) is 10.7. The third-order valence-electron chi connectivity index (χ3n) is 6.09. The van der Waals surface area contributed by atoms with Gasteiger partial charge in [0.05, 0.1) is 24.4 Å². The topological polar surface area (TPSA) is 84.7 Å². The van der Waals surface area contributed by atoms with E-state index < -0.39 is 0 Å². The van der Waals surface area contributed by atoms with Crippen LogP contribution < -0.4 is 5.32 Å². The molecule has 1 saturated heterocycles. The molecule has 4 rings (SSSR count). The predicted octanol–water partition coefficient (Wildman–Crippen LogP) is 3.18. The van der Waals surface area contributed by atoms with Crippen molar-refractivity contribution in [2.75, 3.05) is 19.7 Å². The molecule has 30 heavy (non-hydrogen) atoms. The van der Waals surface area contributed by atoms with Crippen molar-refractivity contribution < 1.29 is 18.7 Å². The SMILES string of the molecule is Cc1cc(C(=O)NC2CCC(C(=O)N3CCOC(c4ccccn4)C3)CC2)c(C)o1. The Labute approximate surface area is 176 Å². The fourth-order valence-corrected chi connectivity index (χ4v) is 4.46. The second-order valence-corrected chi connectivity index (χ2v) is 8.25. The Bertz CT molecular complexity index is 887. The Morgan fingerprint density at radius 2 is 1.97 bits per heavy atom. The average molecular weight is 412 g/mol. The number of amides is 2. The summed E-state index contributed by atoms with van der Waals surface area (Å²) in [7, 11) is 0. The lowest BCUT2D eigenvalue weighted by Gasteiger charge is -2.36. The molecular formula is C23H29N3O4. The van der Waals surface area contributed by atoms with Crippen LogP contribution in [0.1, 0.15) is 59.4 Å². The van der Waals surface area contributed by atoms with E-state index in [4.69, 9.17) is 9.15 Å². The van der Waals surface area contributed by atoms with Crippen molar-refractivity contribution in [1.82, 2.24) is 15.2 Å². The molecular weight excluding hydrogens is 382 g/mol. The highest BCUT2D eigenvalue weighted by Crippen LogP contribution is 2.29. The van der Waals surface area contributed by atoms with Crippen molar-refractivity contribution in [3.05, 3.63) is 53.2 Å². The number of furan rings is 1. The van der Waals surface area contributed by atoms with E-state index in [0.717, 1.165) is 37.1 Å². The standard InChI is InChI=1S/C23H29N3O4/c1-15-13-19(16(2)30-15)22(27)25-18-8-6-17(7-9-18)23(28)26-11-12-29-21(14-26)20-5-3-4-10-24-20/h3-5,10,13,17-18,21H,6-9,11-12,14H2,1-2H3,(H,25,27). The first-order chi connectivity index (χ1) is 14.5. The third-order valence-corrected chi connectivity index (χ3v) is 6.09. The van der Waals surface area contributed by atoms with Crippen molar-refractivity contribution in [3.8, 4) is 0 Å². The summed E-state index contributed by atoms with van der Waals surface area (Å²) in [5.74, 6) is 1.50. The maximum atomic E-state index is 13.1. The van der Waals surface area contributed by atoms with E-state index >= 15 is 0 Å². The maximum absolute atomic E-state index is 13.1. The molecule has 2 fully saturated rings. The van der Waals surface area contributed by atoms with Crippen molar-refractivity contribution in [2.45, 2.75) is 51.7 Å². The molecule has 1 N–H and O–H groups in total. The van der Waals surface area contributed by atoms with Crippen molar-refractivity contribution in [3.63, 3.8) is 0 Å². The summed E-state index contributed by atoms with van der Waals surface area (Å²) in [4.78, 5) is 31.9. The first kappa shape index (κ1) is 20.6. The van der Waals surface area contributed by atoms with Crippen LogP contribution in [-0.2, 0) is 9.53 Å². The minimum atomic E-state index is -0.166. The second-order valence-electron chi connectivity index (χ2n) is 8.25. The van der Waals surface area contributed by atoms with Gasteiger partial charge in [-0.3, -0.25) is 14.6 Å². The van der Waals surface area contributed by atoms with Gasteiger partial charge in [0, 0.05) is 24.7 Å². The molecule has 160 valence electrons. The normalized spacial score (nSPS) is 24.5. The number of morpholine rings is 1. The van der Waals surface area contributed by atoms with E-state index in [2.05, 4.69) is 10.3 Å². The van der Waals surface area contributed by atoms with Crippen molar-refractivity contribution >= 4 is 11.8 Å². The van der Waals surface area contributed by atoms with Gasteiger partial charge in [0.25, 0.3) is 5.91 Å². The van der Waals surface area contributed by atoms with Crippen LogP contribution in [-0.4, -0.2) is 47.4 Å². The second kappa shape index (κ2) is 9.00. The van der Waals surface area contributed by atoms with Gasteiger partial charge in [-0.05, 0) is 57.7 Å². The number of nitrogens with zero attached hydrogens (tertiary/aromatic N) is 2. The Balaban J connectivity index is 1.29. The van der Waals surface area contributed by atoms with Gasteiger partial charge in [-0.1, -0.05) is 6.07 Å². The Hall–Kier alpha value is -2.67.